The Hall–Kier alpha value is -1.00. The lowest BCUT2D eigenvalue weighted by Crippen LogP contribution is -2.29. The van der Waals surface area contributed by atoms with Gasteiger partial charge in [-0.05, 0) is 36.9 Å². The first-order valence-electron chi connectivity index (χ1n) is 7.67. The van der Waals surface area contributed by atoms with E-state index in [2.05, 4.69) is 36.0 Å². The predicted octanol–water partition coefficient (Wildman–Crippen LogP) is 2.85. The number of hydrogen-bond acceptors (Lipinski definition) is 3. The molecule has 0 aromatic carbocycles. The highest BCUT2D eigenvalue weighted by atomic mass is 19.1. The molecule has 2 rings (SSSR count). The average molecular weight is 279 g/mol. The number of aromatic nitrogens is 1. The number of nitrogens with one attached hydrogen (secondary N) is 1. The fraction of sp³-hybridized carbons (Fsp3) is 0.688. The van der Waals surface area contributed by atoms with Gasteiger partial charge in [0, 0.05) is 19.6 Å². The lowest BCUT2D eigenvalue weighted by molar-refractivity contribution is 0.298. The molecular weight excluding hydrogens is 253 g/mol. The molecule has 3 atom stereocenters. The van der Waals surface area contributed by atoms with E-state index < -0.39 is 0 Å². The van der Waals surface area contributed by atoms with Gasteiger partial charge in [0.2, 0.25) is 0 Å². The third-order valence-electron chi connectivity index (χ3n) is 4.36. The van der Waals surface area contributed by atoms with Crippen LogP contribution in [0, 0.1) is 17.7 Å². The van der Waals surface area contributed by atoms with Crippen molar-refractivity contribution >= 4 is 0 Å². The normalized spacial score (nSPS) is 25.0. The van der Waals surface area contributed by atoms with E-state index in [0.717, 1.165) is 37.0 Å². The smallest absolute Gasteiger partial charge is 0.141 e. The second-order valence-electron chi connectivity index (χ2n) is 6.01. The van der Waals surface area contributed by atoms with E-state index in [1.807, 2.05) is 0 Å². The van der Waals surface area contributed by atoms with Crippen molar-refractivity contribution < 1.29 is 4.39 Å². The van der Waals surface area contributed by atoms with E-state index in [0.29, 0.717) is 0 Å². The molecule has 2 heterocycles. The van der Waals surface area contributed by atoms with E-state index >= 15 is 0 Å². The molecule has 0 bridgehead atoms. The van der Waals surface area contributed by atoms with Crippen LogP contribution in [0.5, 0.6) is 0 Å². The zero-order valence-electron chi connectivity index (χ0n) is 12.8. The summed E-state index contributed by atoms with van der Waals surface area (Å²) in [7, 11) is 0. The minimum absolute atomic E-state index is 0.215. The maximum atomic E-state index is 13.0. The molecule has 3 nitrogen and oxygen atoms in total. The van der Waals surface area contributed by atoms with E-state index in [1.165, 1.54) is 25.4 Å². The van der Waals surface area contributed by atoms with Crippen molar-refractivity contribution in [1.82, 2.24) is 15.2 Å². The molecule has 1 aromatic heterocycles. The second-order valence-corrected chi connectivity index (χ2v) is 6.01. The highest BCUT2D eigenvalue weighted by Crippen LogP contribution is 2.23. The summed E-state index contributed by atoms with van der Waals surface area (Å²) < 4.78 is 13.0. The van der Waals surface area contributed by atoms with Gasteiger partial charge in [0.25, 0.3) is 0 Å². The van der Waals surface area contributed by atoms with Crippen molar-refractivity contribution in [2.45, 2.75) is 33.2 Å². The summed E-state index contributed by atoms with van der Waals surface area (Å²) in [5.41, 5.74) is 0.938. The standard InChI is InChI=1S/C16H26FN3/c1-4-18-16(15-6-5-14(17)9-19-15)7-8-20-10-12(2)13(3)11-20/h5-6,9,12-13,16,18H,4,7-8,10-11H2,1-3H3. The Morgan fingerprint density at radius 1 is 1.35 bits per heavy atom. The molecule has 112 valence electrons. The van der Waals surface area contributed by atoms with Crippen LogP contribution in [0.25, 0.3) is 0 Å². The fourth-order valence-electron chi connectivity index (χ4n) is 2.94. The topological polar surface area (TPSA) is 28.2 Å². The number of pyridine rings is 1. The Bertz CT molecular complexity index is 397. The highest BCUT2D eigenvalue weighted by molar-refractivity contribution is 5.10. The van der Waals surface area contributed by atoms with E-state index in [4.69, 9.17) is 0 Å². The first kappa shape index (κ1) is 15.4. The maximum Gasteiger partial charge on any atom is 0.141 e. The number of rotatable bonds is 6. The van der Waals surface area contributed by atoms with Gasteiger partial charge in [-0.2, -0.15) is 0 Å². The molecular formula is C16H26FN3. The first-order chi connectivity index (χ1) is 9.60. The van der Waals surface area contributed by atoms with Crippen molar-refractivity contribution in [2.75, 3.05) is 26.2 Å². The van der Waals surface area contributed by atoms with Gasteiger partial charge >= 0.3 is 0 Å². The summed E-state index contributed by atoms with van der Waals surface area (Å²) in [5.74, 6) is 1.30. The van der Waals surface area contributed by atoms with E-state index in [1.54, 1.807) is 6.07 Å². The Morgan fingerprint density at radius 2 is 2.05 bits per heavy atom. The minimum Gasteiger partial charge on any atom is -0.309 e. The quantitative estimate of drug-likeness (QED) is 0.868. The SMILES string of the molecule is CCNC(CCN1CC(C)C(C)C1)c1ccc(F)cn1. The summed E-state index contributed by atoms with van der Waals surface area (Å²) >= 11 is 0. The molecule has 1 saturated heterocycles. The summed E-state index contributed by atoms with van der Waals surface area (Å²) in [6.45, 7) is 11.1. The third-order valence-corrected chi connectivity index (χ3v) is 4.36. The van der Waals surface area contributed by atoms with Crippen LogP contribution in [0.1, 0.15) is 38.9 Å². The molecule has 0 saturated carbocycles. The maximum absolute atomic E-state index is 13.0. The Labute approximate surface area is 121 Å². The summed E-state index contributed by atoms with van der Waals surface area (Å²) in [5, 5.41) is 3.45. The largest absolute Gasteiger partial charge is 0.309 e. The minimum atomic E-state index is -0.272. The van der Waals surface area contributed by atoms with E-state index in [9.17, 15) is 4.39 Å². The molecule has 3 unspecified atom stereocenters. The zero-order chi connectivity index (χ0) is 14.5. The summed E-state index contributed by atoms with van der Waals surface area (Å²) in [6, 6.07) is 3.50. The van der Waals surface area contributed by atoms with Gasteiger partial charge in [-0.1, -0.05) is 20.8 Å². The van der Waals surface area contributed by atoms with Crippen LogP contribution in [0.2, 0.25) is 0 Å². The molecule has 0 amide bonds. The van der Waals surface area contributed by atoms with Crippen LogP contribution in [-0.2, 0) is 0 Å². The van der Waals surface area contributed by atoms with Gasteiger partial charge in [-0.3, -0.25) is 4.98 Å². The van der Waals surface area contributed by atoms with Crippen molar-refractivity contribution in [1.29, 1.82) is 0 Å². The number of likely N-dealkylation sites (tertiary alicyclic amines) is 1. The van der Waals surface area contributed by atoms with Crippen molar-refractivity contribution in [3.63, 3.8) is 0 Å². The molecule has 1 aliphatic rings. The van der Waals surface area contributed by atoms with Gasteiger partial charge in [0.1, 0.15) is 5.82 Å². The summed E-state index contributed by atoms with van der Waals surface area (Å²) in [4.78, 5) is 6.75. The van der Waals surface area contributed by atoms with Crippen LogP contribution >= 0.6 is 0 Å². The molecule has 1 aliphatic heterocycles. The van der Waals surface area contributed by atoms with Crippen LogP contribution in [0.3, 0.4) is 0 Å². The number of hydrogen-bond donors (Lipinski definition) is 1. The summed E-state index contributed by atoms with van der Waals surface area (Å²) in [6.07, 6.45) is 2.32. The Balaban J connectivity index is 1.91. The van der Waals surface area contributed by atoms with Gasteiger partial charge in [0.05, 0.1) is 17.9 Å². The molecule has 0 aliphatic carbocycles. The van der Waals surface area contributed by atoms with Crippen molar-refractivity contribution in [2.24, 2.45) is 11.8 Å². The average Bonchev–Trinajstić information content (AvgIpc) is 2.75. The monoisotopic (exact) mass is 279 g/mol. The fourth-order valence-corrected chi connectivity index (χ4v) is 2.94. The van der Waals surface area contributed by atoms with Crippen molar-refractivity contribution in [3.8, 4) is 0 Å². The van der Waals surface area contributed by atoms with Gasteiger partial charge in [0.15, 0.2) is 0 Å². The molecule has 0 radical (unpaired) electrons. The van der Waals surface area contributed by atoms with Gasteiger partial charge < -0.3 is 10.2 Å². The van der Waals surface area contributed by atoms with Gasteiger partial charge in [-0.15, -0.1) is 0 Å². The Kier molecular flexibility index (Phi) is 5.49. The molecule has 1 N–H and O–H groups in total. The lowest BCUT2D eigenvalue weighted by atomic mass is 10.0. The second kappa shape index (κ2) is 7.14. The number of nitrogens with zero attached hydrogens (tertiary/aromatic N) is 2. The van der Waals surface area contributed by atoms with Crippen LogP contribution in [0.15, 0.2) is 18.3 Å². The van der Waals surface area contributed by atoms with Crippen LogP contribution < -0.4 is 5.32 Å². The van der Waals surface area contributed by atoms with Crippen LogP contribution in [-0.4, -0.2) is 36.1 Å². The Morgan fingerprint density at radius 3 is 2.60 bits per heavy atom. The molecule has 20 heavy (non-hydrogen) atoms. The first-order valence-corrected chi connectivity index (χ1v) is 7.67. The van der Waals surface area contributed by atoms with Gasteiger partial charge in [-0.25, -0.2) is 4.39 Å². The molecule has 4 heteroatoms. The van der Waals surface area contributed by atoms with Crippen molar-refractivity contribution in [3.05, 3.63) is 29.8 Å². The highest BCUT2D eigenvalue weighted by Gasteiger charge is 2.26. The molecule has 1 fully saturated rings. The van der Waals surface area contributed by atoms with E-state index in [-0.39, 0.29) is 11.9 Å². The predicted molar refractivity (Wildman–Crippen MR) is 80.0 cm³/mol. The number of halogens is 1. The lowest BCUT2D eigenvalue weighted by Gasteiger charge is -2.21. The zero-order valence-corrected chi connectivity index (χ0v) is 12.8. The van der Waals surface area contributed by atoms with Crippen LogP contribution in [0.4, 0.5) is 4.39 Å². The molecule has 1 aromatic rings. The molecule has 0 spiro atoms. The third kappa shape index (κ3) is 4.00.